The number of rotatable bonds is 22. The molecule has 0 aliphatic carbocycles. The highest BCUT2D eigenvalue weighted by molar-refractivity contribution is 5.88. The van der Waals surface area contributed by atoms with Gasteiger partial charge in [-0.3, -0.25) is 0 Å². The van der Waals surface area contributed by atoms with E-state index in [4.69, 9.17) is 29.2 Å². The highest BCUT2D eigenvalue weighted by Crippen LogP contribution is 2.34. The van der Waals surface area contributed by atoms with Gasteiger partial charge in [-0.2, -0.15) is 0 Å². The second kappa shape index (κ2) is 21.4. The third-order valence-electron chi connectivity index (χ3n) is 8.88. The van der Waals surface area contributed by atoms with E-state index in [0.29, 0.717) is 11.5 Å². The number of hydrogen-bond acceptors (Lipinski definition) is 8. The van der Waals surface area contributed by atoms with Gasteiger partial charge < -0.3 is 29.2 Å². The van der Waals surface area contributed by atoms with E-state index in [-0.39, 0.29) is 37.6 Å². The van der Waals surface area contributed by atoms with Gasteiger partial charge in [0.1, 0.15) is 37.9 Å². The first-order valence-corrected chi connectivity index (χ1v) is 18.4. The van der Waals surface area contributed by atoms with Crippen LogP contribution in [0.5, 0.6) is 11.5 Å². The summed E-state index contributed by atoms with van der Waals surface area (Å²) >= 11 is 0. The maximum absolute atomic E-state index is 11.9. The number of aliphatic hydroxyl groups excluding tert-OH is 2. The lowest BCUT2D eigenvalue weighted by atomic mass is 9.92. The normalized spacial score (nSPS) is 10.8. The van der Waals surface area contributed by atoms with Crippen LogP contribution in [0.2, 0.25) is 0 Å². The molecule has 0 spiro atoms. The predicted octanol–water partition coefficient (Wildman–Crippen LogP) is 8.70. The Hall–Kier alpha value is -5.18. The zero-order valence-electron chi connectivity index (χ0n) is 31.0. The lowest BCUT2D eigenvalue weighted by Crippen LogP contribution is -2.15. The van der Waals surface area contributed by atoms with Crippen LogP contribution in [0.15, 0.2) is 109 Å². The molecule has 0 atom stereocenters. The van der Waals surface area contributed by atoms with Crippen LogP contribution in [-0.2, 0) is 31.9 Å². The summed E-state index contributed by atoms with van der Waals surface area (Å²) in [6, 6.07) is 29.5. The molecule has 0 aromatic heterocycles. The molecule has 4 aromatic rings. The monoisotopic (exact) mass is 720 g/mol. The molecule has 4 aromatic carbocycles. The summed E-state index contributed by atoms with van der Waals surface area (Å²) in [6.45, 7) is 10.4. The first-order chi connectivity index (χ1) is 25.8. The second-order valence-electron chi connectivity index (χ2n) is 12.8. The molecule has 0 bridgehead atoms. The van der Waals surface area contributed by atoms with Crippen LogP contribution < -0.4 is 9.47 Å². The van der Waals surface area contributed by atoms with Crippen molar-refractivity contribution >= 4 is 11.9 Å². The minimum Gasteiger partial charge on any atom is -0.490 e. The molecule has 0 fully saturated rings. The minimum absolute atomic E-state index is 0.0366. The fraction of sp³-hybridized carbons (Fsp3) is 0.333. The SMILES string of the molecule is C=C(CO)C(=O)OCCOc1cc(OCCOC(=O)C(=C)CO)cc(-c2ccc(-c3ccc(-c4ccc(CCCCCCC)cc4)cc3)c(CC)c2)c1. The van der Waals surface area contributed by atoms with Gasteiger partial charge >= 0.3 is 11.9 Å². The molecule has 8 heteroatoms. The zero-order chi connectivity index (χ0) is 38.0. The minimum atomic E-state index is -0.688. The third-order valence-corrected chi connectivity index (χ3v) is 8.88. The van der Waals surface area contributed by atoms with Crippen molar-refractivity contribution in [1.82, 2.24) is 0 Å². The van der Waals surface area contributed by atoms with Gasteiger partial charge in [0, 0.05) is 6.07 Å². The topological polar surface area (TPSA) is 112 Å². The van der Waals surface area contributed by atoms with E-state index < -0.39 is 25.2 Å². The van der Waals surface area contributed by atoms with Crippen LogP contribution in [0.25, 0.3) is 33.4 Å². The predicted molar refractivity (Wildman–Crippen MR) is 210 cm³/mol. The van der Waals surface area contributed by atoms with Crippen molar-refractivity contribution in [2.24, 2.45) is 0 Å². The largest absolute Gasteiger partial charge is 0.490 e. The van der Waals surface area contributed by atoms with Crippen LogP contribution in [0.4, 0.5) is 0 Å². The molecule has 8 nitrogen and oxygen atoms in total. The van der Waals surface area contributed by atoms with Crippen molar-refractivity contribution in [3.8, 4) is 44.9 Å². The zero-order valence-corrected chi connectivity index (χ0v) is 31.0. The van der Waals surface area contributed by atoms with E-state index in [0.717, 1.165) is 35.1 Å². The van der Waals surface area contributed by atoms with Gasteiger partial charge in [0.2, 0.25) is 0 Å². The molecule has 0 aliphatic heterocycles. The Balaban J connectivity index is 1.49. The van der Waals surface area contributed by atoms with Gasteiger partial charge in [0.25, 0.3) is 0 Å². The van der Waals surface area contributed by atoms with E-state index in [1.807, 2.05) is 12.1 Å². The number of unbranched alkanes of at least 4 members (excludes halogenated alkanes) is 4. The van der Waals surface area contributed by atoms with Crippen molar-refractivity contribution < 1.29 is 38.7 Å². The van der Waals surface area contributed by atoms with Crippen LogP contribution >= 0.6 is 0 Å². The van der Waals surface area contributed by atoms with Gasteiger partial charge in [-0.15, -0.1) is 0 Å². The second-order valence-corrected chi connectivity index (χ2v) is 12.8. The van der Waals surface area contributed by atoms with Crippen LogP contribution in [-0.4, -0.2) is 61.8 Å². The summed E-state index contributed by atoms with van der Waals surface area (Å²) in [7, 11) is 0. The Morgan fingerprint density at radius 3 is 1.60 bits per heavy atom. The highest BCUT2D eigenvalue weighted by Gasteiger charge is 2.13. The lowest BCUT2D eigenvalue weighted by Gasteiger charge is -2.15. The number of aliphatic hydroxyl groups is 2. The summed E-state index contributed by atoms with van der Waals surface area (Å²) in [6.07, 6.45) is 8.39. The van der Waals surface area contributed by atoms with E-state index >= 15 is 0 Å². The molecule has 0 radical (unpaired) electrons. The molecular weight excluding hydrogens is 668 g/mol. The van der Waals surface area contributed by atoms with Crippen molar-refractivity contribution in [1.29, 1.82) is 0 Å². The molecule has 280 valence electrons. The van der Waals surface area contributed by atoms with Crippen LogP contribution in [0, 0.1) is 0 Å². The molecule has 0 saturated heterocycles. The molecule has 0 heterocycles. The average Bonchev–Trinajstić information content (AvgIpc) is 3.20. The summed E-state index contributed by atoms with van der Waals surface area (Å²) in [5.74, 6) is -0.408. The van der Waals surface area contributed by atoms with E-state index in [9.17, 15) is 9.59 Å². The summed E-state index contributed by atoms with van der Waals surface area (Å²) < 4.78 is 22.1. The van der Waals surface area contributed by atoms with Gasteiger partial charge in [-0.05, 0) is 75.9 Å². The molecule has 2 N–H and O–H groups in total. The van der Waals surface area contributed by atoms with Crippen molar-refractivity contribution in [2.45, 2.75) is 58.8 Å². The number of esters is 2. The number of hydrogen-bond donors (Lipinski definition) is 2. The Kier molecular flexibility index (Phi) is 16.4. The fourth-order valence-electron chi connectivity index (χ4n) is 5.81. The van der Waals surface area contributed by atoms with Crippen molar-refractivity contribution in [3.05, 3.63) is 120 Å². The van der Waals surface area contributed by atoms with E-state index in [1.165, 1.54) is 54.4 Å². The smallest absolute Gasteiger partial charge is 0.335 e. The van der Waals surface area contributed by atoms with Gasteiger partial charge in [-0.1, -0.05) is 119 Å². The summed E-state index contributed by atoms with van der Waals surface area (Å²) in [5.41, 5.74) is 8.98. The molecule has 53 heavy (non-hydrogen) atoms. The molecule has 0 unspecified atom stereocenters. The van der Waals surface area contributed by atoms with Gasteiger partial charge in [0.05, 0.1) is 24.4 Å². The number of ether oxygens (including phenoxy) is 4. The Morgan fingerprint density at radius 2 is 1.08 bits per heavy atom. The highest BCUT2D eigenvalue weighted by atomic mass is 16.6. The van der Waals surface area contributed by atoms with Crippen molar-refractivity contribution in [2.75, 3.05) is 39.6 Å². The summed E-state index contributed by atoms with van der Waals surface area (Å²) in [4.78, 5) is 23.7. The number of carbonyl (C=O) groups is 2. The van der Waals surface area contributed by atoms with E-state index in [1.54, 1.807) is 6.07 Å². The number of benzene rings is 4. The third kappa shape index (κ3) is 12.5. The molecule has 0 saturated carbocycles. The molecule has 0 aliphatic rings. The quantitative estimate of drug-likeness (QED) is 0.0471. The maximum Gasteiger partial charge on any atom is 0.335 e. The summed E-state index contributed by atoms with van der Waals surface area (Å²) in [5, 5.41) is 18.2. The first-order valence-electron chi connectivity index (χ1n) is 18.4. The Bertz CT molecular complexity index is 1750. The molecule has 0 amide bonds. The van der Waals surface area contributed by atoms with Gasteiger partial charge in [0.15, 0.2) is 0 Å². The number of aryl methyl sites for hydroxylation is 2. The standard InChI is InChI=1S/C45H52O8/c1-5-7-8-9-10-11-34-12-14-36(15-13-34)37-16-18-38(19-17-37)43-21-20-39(26-35(43)6-2)40-27-41(50-22-24-52-44(48)32(3)30-46)29-42(28-40)51-23-25-53-45(49)33(4)31-47/h12-21,26-29,46-47H,3-11,22-25,30-31H2,1-2H3. The first kappa shape index (κ1) is 40.6. The van der Waals surface area contributed by atoms with Crippen LogP contribution in [0.3, 0.4) is 0 Å². The average molecular weight is 721 g/mol. The molecular formula is C45H52O8. The Morgan fingerprint density at radius 1 is 0.566 bits per heavy atom. The fourth-order valence-corrected chi connectivity index (χ4v) is 5.81. The van der Waals surface area contributed by atoms with E-state index in [2.05, 4.69) is 93.7 Å². The number of carbonyl (C=O) groups excluding carboxylic acids is 2. The van der Waals surface area contributed by atoms with Gasteiger partial charge in [-0.25, -0.2) is 9.59 Å². The van der Waals surface area contributed by atoms with Crippen molar-refractivity contribution in [3.63, 3.8) is 0 Å². The Labute approximate surface area is 313 Å². The van der Waals surface area contributed by atoms with Crippen LogP contribution in [0.1, 0.15) is 57.1 Å². The molecule has 4 rings (SSSR count). The maximum atomic E-state index is 11.9. The lowest BCUT2D eigenvalue weighted by molar-refractivity contribution is -0.141.